The van der Waals surface area contributed by atoms with Gasteiger partial charge in [0.1, 0.15) is 6.10 Å². The first kappa shape index (κ1) is 17.4. The van der Waals surface area contributed by atoms with E-state index in [1.165, 1.54) is 5.57 Å². The summed E-state index contributed by atoms with van der Waals surface area (Å²) >= 11 is 0. The quantitative estimate of drug-likeness (QED) is 0.319. The van der Waals surface area contributed by atoms with Gasteiger partial charge in [0.25, 0.3) is 0 Å². The van der Waals surface area contributed by atoms with Crippen molar-refractivity contribution in [3.8, 4) is 0 Å². The Balaban J connectivity index is 1.81. The van der Waals surface area contributed by atoms with Gasteiger partial charge in [0.05, 0.1) is 17.3 Å². The molecule has 0 saturated carbocycles. The molecule has 0 unspecified atom stereocenters. The predicted octanol–water partition coefficient (Wildman–Crippen LogP) is 3.46. The number of rotatable bonds is 0. The monoisotopic (exact) mass is 332 g/mol. The van der Waals surface area contributed by atoms with E-state index in [1.54, 1.807) is 0 Å². The number of hydrogen-bond donors (Lipinski definition) is 1. The van der Waals surface area contributed by atoms with Crippen molar-refractivity contribution in [3.05, 3.63) is 36.0 Å². The van der Waals surface area contributed by atoms with Crippen LogP contribution >= 0.6 is 0 Å². The average molecular weight is 332 g/mol. The molecule has 0 aromatic heterocycles. The fourth-order valence-corrected chi connectivity index (χ4v) is 3.79. The molecule has 5 atom stereocenters. The van der Waals surface area contributed by atoms with Crippen molar-refractivity contribution in [1.82, 2.24) is 0 Å². The molecule has 24 heavy (non-hydrogen) atoms. The number of carbonyl (C=O) groups excluding carboxylic acids is 1. The minimum atomic E-state index is -0.807. The maximum Gasteiger partial charge on any atom is 0.334 e. The highest BCUT2D eigenvalue weighted by Gasteiger charge is 2.54. The summed E-state index contributed by atoms with van der Waals surface area (Å²) in [7, 11) is 0. The van der Waals surface area contributed by atoms with E-state index in [4.69, 9.17) is 9.47 Å². The molecule has 1 N–H and O–H groups in total. The highest BCUT2D eigenvalue weighted by molar-refractivity contribution is 5.90. The second kappa shape index (κ2) is 6.16. The molecule has 2 fully saturated rings. The summed E-state index contributed by atoms with van der Waals surface area (Å²) in [6, 6.07) is 0. The van der Waals surface area contributed by atoms with Crippen LogP contribution in [0.3, 0.4) is 0 Å². The van der Waals surface area contributed by atoms with E-state index in [1.807, 2.05) is 19.1 Å². The van der Waals surface area contributed by atoms with Crippen LogP contribution in [0.4, 0.5) is 0 Å². The molecule has 0 amide bonds. The zero-order valence-electron chi connectivity index (χ0n) is 14.9. The Hall–Kier alpha value is -1.39. The molecule has 0 spiro atoms. The second-order valence-electron chi connectivity index (χ2n) is 7.99. The zero-order chi connectivity index (χ0) is 17.5. The SMILES string of the molecule is C=C1C(=O)O[C@H]2CC(C)=CCC[C@@](C)(O)C=CC[C@]3(C)O[C@H]3C[C@H]12. The molecular formula is C20H28O4. The number of carbonyl (C=O) groups is 1. The maximum absolute atomic E-state index is 11.9. The Morgan fingerprint density at radius 2 is 2.12 bits per heavy atom. The first-order valence-electron chi connectivity index (χ1n) is 8.83. The van der Waals surface area contributed by atoms with Crippen molar-refractivity contribution in [2.45, 2.75) is 76.3 Å². The molecular weight excluding hydrogens is 304 g/mol. The Morgan fingerprint density at radius 3 is 2.88 bits per heavy atom. The van der Waals surface area contributed by atoms with Crippen LogP contribution in [0.2, 0.25) is 0 Å². The van der Waals surface area contributed by atoms with Crippen molar-refractivity contribution in [3.63, 3.8) is 0 Å². The van der Waals surface area contributed by atoms with Gasteiger partial charge in [0, 0.05) is 17.9 Å². The van der Waals surface area contributed by atoms with Crippen molar-refractivity contribution < 1.29 is 19.4 Å². The lowest BCUT2D eigenvalue weighted by molar-refractivity contribution is -0.139. The molecule has 0 bridgehead atoms. The topological polar surface area (TPSA) is 59.1 Å². The van der Waals surface area contributed by atoms with Crippen molar-refractivity contribution >= 4 is 5.97 Å². The number of epoxide rings is 1. The third-order valence-corrected chi connectivity index (χ3v) is 5.59. The number of allylic oxidation sites excluding steroid dienone is 1. The highest BCUT2D eigenvalue weighted by atomic mass is 16.6. The third-order valence-electron chi connectivity index (χ3n) is 5.59. The maximum atomic E-state index is 11.9. The van der Waals surface area contributed by atoms with E-state index in [2.05, 4.69) is 26.5 Å². The Bertz CT molecular complexity index is 601. The molecule has 2 saturated heterocycles. The van der Waals surface area contributed by atoms with E-state index in [0.717, 1.165) is 25.7 Å². The standard InChI is InChI=1S/C20H28O4/c1-13-7-5-8-19(3,22)9-6-10-20(4)17(24-20)12-15-14(2)18(21)23-16(15)11-13/h6-7,9,15-17,22H,2,5,8,10-12H2,1,3-4H3/t15-,16+,17+,19-,20+/m1/s1. The van der Waals surface area contributed by atoms with Crippen molar-refractivity contribution in [1.29, 1.82) is 0 Å². The Labute approximate surface area is 144 Å². The van der Waals surface area contributed by atoms with Gasteiger partial charge in [-0.25, -0.2) is 4.79 Å². The smallest absolute Gasteiger partial charge is 0.334 e. The summed E-state index contributed by atoms with van der Waals surface area (Å²) in [5.41, 5.74) is 0.746. The second-order valence-corrected chi connectivity index (χ2v) is 7.99. The lowest BCUT2D eigenvalue weighted by Gasteiger charge is -2.20. The molecule has 0 aromatic carbocycles. The van der Waals surface area contributed by atoms with Gasteiger partial charge >= 0.3 is 5.97 Å². The van der Waals surface area contributed by atoms with Crippen LogP contribution in [0.15, 0.2) is 36.0 Å². The molecule has 4 nitrogen and oxygen atoms in total. The van der Waals surface area contributed by atoms with Gasteiger partial charge < -0.3 is 14.6 Å². The molecule has 3 aliphatic rings. The first-order chi connectivity index (χ1) is 11.2. The van der Waals surface area contributed by atoms with Crippen LogP contribution in [0.25, 0.3) is 0 Å². The number of aliphatic hydroxyl groups is 1. The van der Waals surface area contributed by atoms with Gasteiger partial charge in [0.2, 0.25) is 0 Å². The summed E-state index contributed by atoms with van der Waals surface area (Å²) in [6.45, 7) is 9.92. The summed E-state index contributed by atoms with van der Waals surface area (Å²) in [4.78, 5) is 11.9. The van der Waals surface area contributed by atoms with E-state index in [9.17, 15) is 9.90 Å². The van der Waals surface area contributed by atoms with Gasteiger partial charge in [-0.2, -0.15) is 0 Å². The lowest BCUT2D eigenvalue weighted by Crippen LogP contribution is -2.23. The molecule has 0 aromatic rings. The van der Waals surface area contributed by atoms with E-state index < -0.39 is 5.60 Å². The minimum Gasteiger partial charge on any atom is -0.458 e. The van der Waals surface area contributed by atoms with E-state index >= 15 is 0 Å². The van der Waals surface area contributed by atoms with Crippen LogP contribution in [0.1, 0.15) is 52.9 Å². The van der Waals surface area contributed by atoms with Crippen LogP contribution in [-0.4, -0.2) is 34.5 Å². The molecule has 2 aliphatic heterocycles. The fraction of sp³-hybridized carbons (Fsp3) is 0.650. The molecule has 0 radical (unpaired) electrons. The fourth-order valence-electron chi connectivity index (χ4n) is 3.79. The van der Waals surface area contributed by atoms with Gasteiger partial charge in [0.15, 0.2) is 0 Å². The number of esters is 1. The van der Waals surface area contributed by atoms with Crippen LogP contribution < -0.4 is 0 Å². The van der Waals surface area contributed by atoms with Crippen LogP contribution in [0.5, 0.6) is 0 Å². The van der Waals surface area contributed by atoms with Crippen molar-refractivity contribution in [2.75, 3.05) is 0 Å². The number of fused-ring (bicyclic) bond motifs is 2. The average Bonchev–Trinajstić information content (AvgIpc) is 3.03. The summed E-state index contributed by atoms with van der Waals surface area (Å²) in [6.07, 6.45) is 9.72. The number of ether oxygens (including phenoxy) is 2. The molecule has 3 rings (SSSR count). The first-order valence-corrected chi connectivity index (χ1v) is 8.83. The lowest BCUT2D eigenvalue weighted by atomic mass is 9.85. The zero-order valence-corrected chi connectivity index (χ0v) is 14.9. The van der Waals surface area contributed by atoms with E-state index in [0.29, 0.717) is 12.0 Å². The minimum absolute atomic E-state index is 0.0303. The van der Waals surface area contributed by atoms with Crippen LogP contribution in [-0.2, 0) is 14.3 Å². The number of hydrogen-bond acceptors (Lipinski definition) is 4. The van der Waals surface area contributed by atoms with Gasteiger partial charge in [-0.1, -0.05) is 30.4 Å². The van der Waals surface area contributed by atoms with E-state index in [-0.39, 0.29) is 29.7 Å². The summed E-state index contributed by atoms with van der Waals surface area (Å²) in [5, 5.41) is 10.4. The van der Waals surface area contributed by atoms with Gasteiger partial charge in [-0.3, -0.25) is 0 Å². The van der Waals surface area contributed by atoms with Gasteiger partial charge in [-0.15, -0.1) is 0 Å². The normalized spacial score (nSPS) is 43.3. The summed E-state index contributed by atoms with van der Waals surface area (Å²) < 4.78 is 11.5. The van der Waals surface area contributed by atoms with Crippen LogP contribution in [0, 0.1) is 5.92 Å². The summed E-state index contributed by atoms with van der Waals surface area (Å²) in [5.74, 6) is -0.241. The predicted molar refractivity (Wildman–Crippen MR) is 92.4 cm³/mol. The highest BCUT2D eigenvalue weighted by Crippen LogP contribution is 2.47. The molecule has 4 heteroatoms. The third kappa shape index (κ3) is 3.65. The molecule has 2 heterocycles. The largest absolute Gasteiger partial charge is 0.458 e. The molecule has 132 valence electrons. The molecule has 1 aliphatic carbocycles. The Morgan fingerprint density at radius 1 is 1.38 bits per heavy atom. The van der Waals surface area contributed by atoms with Gasteiger partial charge in [-0.05, 0) is 46.5 Å². The van der Waals surface area contributed by atoms with Crippen molar-refractivity contribution in [2.24, 2.45) is 5.92 Å². The Kier molecular flexibility index (Phi) is 4.47.